The van der Waals surface area contributed by atoms with Crippen molar-refractivity contribution in [2.45, 2.75) is 38.0 Å². The lowest BCUT2D eigenvalue weighted by Crippen LogP contribution is -2.43. The van der Waals surface area contributed by atoms with Crippen LogP contribution >= 0.6 is 11.6 Å². The summed E-state index contributed by atoms with van der Waals surface area (Å²) >= 11 is 6.18. The summed E-state index contributed by atoms with van der Waals surface area (Å²) in [6.45, 7) is 2.31. The summed E-state index contributed by atoms with van der Waals surface area (Å²) < 4.78 is 37.7. The Labute approximate surface area is 219 Å². The van der Waals surface area contributed by atoms with E-state index in [-0.39, 0.29) is 24.8 Å². The highest BCUT2D eigenvalue weighted by Crippen LogP contribution is 2.32. The Kier molecular flexibility index (Phi) is 7.88. The molecule has 2 atom stereocenters. The highest BCUT2D eigenvalue weighted by atomic mass is 35.5. The Morgan fingerprint density at radius 3 is 2.65 bits per heavy atom. The van der Waals surface area contributed by atoms with Crippen molar-refractivity contribution in [3.63, 3.8) is 0 Å². The van der Waals surface area contributed by atoms with Crippen molar-refractivity contribution in [3.8, 4) is 11.5 Å². The number of likely N-dealkylation sites (tertiary alicyclic amines) is 1. The second-order valence-electron chi connectivity index (χ2n) is 9.37. The molecule has 5 rings (SSSR count). The van der Waals surface area contributed by atoms with Crippen molar-refractivity contribution in [1.29, 1.82) is 0 Å². The Bertz CT molecular complexity index is 1280. The molecular weight excluding hydrogens is 500 g/mol. The van der Waals surface area contributed by atoms with Gasteiger partial charge in [-0.2, -0.15) is 0 Å². The van der Waals surface area contributed by atoms with Crippen molar-refractivity contribution in [3.05, 3.63) is 94.0 Å². The highest BCUT2D eigenvalue weighted by molar-refractivity contribution is 6.30. The summed E-state index contributed by atoms with van der Waals surface area (Å²) in [5.74, 6) is -0.317. The molecule has 37 heavy (non-hydrogen) atoms. The molecule has 0 aromatic heterocycles. The largest absolute Gasteiger partial charge is 0.454 e. The molecule has 0 radical (unpaired) electrons. The zero-order chi connectivity index (χ0) is 25.8. The smallest absolute Gasteiger partial charge is 0.237 e. The fourth-order valence-corrected chi connectivity index (χ4v) is 5.04. The first kappa shape index (κ1) is 25.4. The fourth-order valence-electron chi connectivity index (χ4n) is 4.82. The van der Waals surface area contributed by atoms with E-state index in [0.717, 1.165) is 28.7 Å². The summed E-state index contributed by atoms with van der Waals surface area (Å²) in [5.41, 5.74) is 2.72. The molecule has 194 valence electrons. The Morgan fingerprint density at radius 1 is 0.973 bits per heavy atom. The molecule has 1 saturated heterocycles. The monoisotopic (exact) mass is 527 g/mol. The first-order valence-corrected chi connectivity index (χ1v) is 12.6. The molecule has 3 aromatic carbocycles. The van der Waals surface area contributed by atoms with E-state index in [4.69, 9.17) is 21.1 Å². The summed E-state index contributed by atoms with van der Waals surface area (Å²) in [5, 5.41) is 7.13. The standard InChI is InChI=1S/C28H28ClF2N3O3/c29-21-3-1-2-20(10-21)15-34-16-22(33-14-19-4-6-23(30)24(31)11-19)13-25(34)28(35)32-9-8-18-5-7-26-27(12-18)37-17-36-26/h1-7,10-12,22,25,33H,8-9,13-17H2,(H,32,35)/t22-,25-/m0/s1. The SMILES string of the molecule is O=C(NCCc1ccc2c(c1)OCO2)[C@@H]1C[C@H](NCc2ccc(F)c(F)c2)CN1Cc1cccc(Cl)c1. The number of hydrogen-bond acceptors (Lipinski definition) is 5. The van der Waals surface area contributed by atoms with Crippen LogP contribution in [0.5, 0.6) is 11.5 Å². The minimum atomic E-state index is -0.868. The minimum Gasteiger partial charge on any atom is -0.454 e. The predicted molar refractivity (Wildman–Crippen MR) is 137 cm³/mol. The highest BCUT2D eigenvalue weighted by Gasteiger charge is 2.36. The maximum absolute atomic E-state index is 13.6. The molecular formula is C28H28ClF2N3O3. The van der Waals surface area contributed by atoms with E-state index in [1.54, 1.807) is 6.07 Å². The minimum absolute atomic E-state index is 0.0110. The molecule has 3 aromatic rings. The van der Waals surface area contributed by atoms with Crippen LogP contribution in [-0.2, 0) is 24.3 Å². The van der Waals surface area contributed by atoms with Gasteiger partial charge < -0.3 is 20.1 Å². The van der Waals surface area contributed by atoms with Gasteiger partial charge in [-0.15, -0.1) is 0 Å². The molecule has 0 aliphatic carbocycles. The number of hydrogen-bond donors (Lipinski definition) is 2. The van der Waals surface area contributed by atoms with Crippen LogP contribution < -0.4 is 20.1 Å². The van der Waals surface area contributed by atoms with E-state index in [1.807, 2.05) is 42.5 Å². The van der Waals surface area contributed by atoms with E-state index >= 15 is 0 Å². The van der Waals surface area contributed by atoms with E-state index in [9.17, 15) is 13.6 Å². The summed E-state index contributed by atoms with van der Waals surface area (Å²) in [6.07, 6.45) is 1.27. The second kappa shape index (κ2) is 11.5. The predicted octanol–water partition coefficient (Wildman–Crippen LogP) is 4.44. The third-order valence-electron chi connectivity index (χ3n) is 6.71. The van der Waals surface area contributed by atoms with Gasteiger partial charge >= 0.3 is 0 Å². The molecule has 0 bridgehead atoms. The number of carbonyl (C=O) groups is 1. The van der Waals surface area contributed by atoms with E-state index in [1.165, 1.54) is 6.07 Å². The Balaban J connectivity index is 1.21. The van der Waals surface area contributed by atoms with Crippen LogP contribution in [0, 0.1) is 11.6 Å². The average Bonchev–Trinajstić information content (AvgIpc) is 3.51. The van der Waals surface area contributed by atoms with E-state index < -0.39 is 11.6 Å². The van der Waals surface area contributed by atoms with Crippen LogP contribution in [-0.4, -0.2) is 42.8 Å². The third-order valence-corrected chi connectivity index (χ3v) is 6.94. The molecule has 2 aliphatic heterocycles. The van der Waals surface area contributed by atoms with Gasteiger partial charge in [0, 0.05) is 37.2 Å². The van der Waals surface area contributed by atoms with Gasteiger partial charge in [0.2, 0.25) is 12.7 Å². The normalized spacial score (nSPS) is 18.8. The summed E-state index contributed by atoms with van der Waals surface area (Å²) in [7, 11) is 0. The molecule has 1 fully saturated rings. The van der Waals surface area contributed by atoms with Gasteiger partial charge in [0.1, 0.15) is 0 Å². The number of benzene rings is 3. The number of ether oxygens (including phenoxy) is 2. The van der Waals surface area contributed by atoms with Crippen LogP contribution in [0.25, 0.3) is 0 Å². The number of carbonyl (C=O) groups excluding carboxylic acids is 1. The van der Waals surface area contributed by atoms with Crippen LogP contribution in [0.2, 0.25) is 5.02 Å². The topological polar surface area (TPSA) is 62.8 Å². The number of rotatable bonds is 9. The fraction of sp³-hybridized carbons (Fsp3) is 0.321. The first-order chi connectivity index (χ1) is 17.9. The van der Waals surface area contributed by atoms with Gasteiger partial charge in [-0.1, -0.05) is 35.9 Å². The maximum Gasteiger partial charge on any atom is 0.237 e. The van der Waals surface area contributed by atoms with Crippen molar-refractivity contribution in [2.24, 2.45) is 0 Å². The zero-order valence-electron chi connectivity index (χ0n) is 20.2. The van der Waals surface area contributed by atoms with Gasteiger partial charge in [0.25, 0.3) is 0 Å². The molecule has 0 spiro atoms. The van der Waals surface area contributed by atoms with E-state index in [2.05, 4.69) is 15.5 Å². The number of fused-ring (bicyclic) bond motifs is 1. The number of nitrogens with one attached hydrogen (secondary N) is 2. The zero-order valence-corrected chi connectivity index (χ0v) is 20.9. The maximum atomic E-state index is 13.6. The summed E-state index contributed by atoms with van der Waals surface area (Å²) in [4.78, 5) is 15.4. The van der Waals surface area contributed by atoms with Gasteiger partial charge in [0.05, 0.1) is 6.04 Å². The molecule has 1 amide bonds. The molecule has 6 nitrogen and oxygen atoms in total. The number of nitrogens with zero attached hydrogens (tertiary/aromatic N) is 1. The Hall–Kier alpha value is -3.20. The van der Waals surface area contributed by atoms with Crippen LogP contribution in [0.3, 0.4) is 0 Å². The van der Waals surface area contributed by atoms with Gasteiger partial charge in [-0.3, -0.25) is 9.69 Å². The lowest BCUT2D eigenvalue weighted by molar-refractivity contribution is -0.125. The van der Waals surface area contributed by atoms with Crippen LogP contribution in [0.1, 0.15) is 23.1 Å². The Morgan fingerprint density at radius 2 is 1.81 bits per heavy atom. The number of halogens is 3. The number of amides is 1. The van der Waals surface area contributed by atoms with Gasteiger partial charge in [-0.25, -0.2) is 8.78 Å². The lowest BCUT2D eigenvalue weighted by Gasteiger charge is -2.23. The van der Waals surface area contributed by atoms with Gasteiger partial charge in [-0.05, 0) is 65.9 Å². The molecule has 2 aliphatic rings. The second-order valence-corrected chi connectivity index (χ2v) is 9.80. The van der Waals surface area contributed by atoms with Crippen molar-refractivity contribution < 1.29 is 23.0 Å². The molecule has 0 unspecified atom stereocenters. The van der Waals surface area contributed by atoms with Crippen LogP contribution in [0.15, 0.2) is 60.7 Å². The van der Waals surface area contributed by atoms with Crippen molar-refractivity contribution in [1.82, 2.24) is 15.5 Å². The molecule has 0 saturated carbocycles. The summed E-state index contributed by atoms with van der Waals surface area (Å²) in [6, 6.07) is 17.0. The quantitative estimate of drug-likeness (QED) is 0.431. The lowest BCUT2D eigenvalue weighted by atomic mass is 10.1. The van der Waals surface area contributed by atoms with Crippen LogP contribution in [0.4, 0.5) is 8.78 Å². The molecule has 9 heteroatoms. The van der Waals surface area contributed by atoms with E-state index in [0.29, 0.717) is 49.6 Å². The average molecular weight is 528 g/mol. The van der Waals surface area contributed by atoms with Crippen molar-refractivity contribution >= 4 is 17.5 Å². The third kappa shape index (κ3) is 6.39. The molecule has 2 heterocycles. The molecule has 2 N–H and O–H groups in total. The van der Waals surface area contributed by atoms with Gasteiger partial charge in [0.15, 0.2) is 23.1 Å². The van der Waals surface area contributed by atoms with Crippen molar-refractivity contribution in [2.75, 3.05) is 19.9 Å². The first-order valence-electron chi connectivity index (χ1n) is 12.3.